The van der Waals surface area contributed by atoms with Gasteiger partial charge >= 0.3 is 17.1 Å². The molecule has 2 amide bonds. The third kappa shape index (κ3) is 43.6. The minimum Gasteiger partial charge on any atom is -0.549 e. The van der Waals surface area contributed by atoms with Crippen molar-refractivity contribution in [1.29, 1.82) is 0 Å². The average molecular weight is 1110 g/mol. The van der Waals surface area contributed by atoms with Crippen LogP contribution < -0.4 is 10.2 Å². The van der Waals surface area contributed by atoms with E-state index >= 15 is 0 Å². The molecule has 75 heavy (non-hydrogen) atoms. The molecular weight excluding hydrogens is 996 g/mol. The number of amides is 2. The van der Waals surface area contributed by atoms with Gasteiger partial charge in [-0.15, -0.1) is 0 Å². The summed E-state index contributed by atoms with van der Waals surface area (Å²) in [6, 6.07) is 0. The van der Waals surface area contributed by atoms with Crippen LogP contribution in [0, 0.1) is 0 Å². The Morgan fingerprint density at radius 1 is 0.373 bits per heavy atom. The summed E-state index contributed by atoms with van der Waals surface area (Å²) >= 11 is 0. The second-order valence-electron chi connectivity index (χ2n) is 21.8. The maximum atomic E-state index is 13.9. The van der Waals surface area contributed by atoms with Crippen molar-refractivity contribution in [3.63, 3.8) is 0 Å². The normalized spacial score (nSPS) is 15.4. The van der Waals surface area contributed by atoms with Crippen molar-refractivity contribution in [3.05, 3.63) is 0 Å². The molecule has 16 nitrogen and oxygen atoms in total. The number of carboxylic acids is 2. The molecule has 0 bridgehead atoms. The fourth-order valence-electron chi connectivity index (χ4n) is 10.1. The molecule has 2 atom stereocenters. The van der Waals surface area contributed by atoms with E-state index in [-0.39, 0.29) is 94.3 Å². The number of hydrogen-bond donors (Lipinski definition) is 4. The van der Waals surface area contributed by atoms with Crippen LogP contribution in [0.4, 0.5) is 0 Å². The molecule has 4 N–H and O–H groups in total. The third-order valence-corrected chi connectivity index (χ3v) is 14.9. The van der Waals surface area contributed by atoms with E-state index in [0.29, 0.717) is 39.3 Å². The first-order valence-electron chi connectivity index (χ1n) is 30.3. The van der Waals surface area contributed by atoms with Crippen LogP contribution in [0.2, 0.25) is 0 Å². The molecule has 0 saturated carbocycles. The van der Waals surface area contributed by atoms with Crippen LogP contribution >= 0.6 is 0 Å². The predicted octanol–water partition coefficient (Wildman–Crippen LogP) is 5.59. The van der Waals surface area contributed by atoms with Crippen molar-refractivity contribution >= 4 is 23.8 Å². The average Bonchev–Trinajstić information content (AvgIpc) is 3.37. The van der Waals surface area contributed by atoms with Gasteiger partial charge in [0.05, 0.1) is 50.4 Å². The van der Waals surface area contributed by atoms with Crippen molar-refractivity contribution in [2.24, 2.45) is 0 Å². The molecule has 17 heteroatoms. The van der Waals surface area contributed by atoms with Gasteiger partial charge in [-0.2, -0.15) is 0 Å². The standard InChI is InChI=1S/C58H114N6O10.Mn/c1-3-5-7-9-11-13-15-17-19-21-23-25-27-29-31-33-35-63(45-53(67)51-65)55(69)47-59-37-41-61(49-57(71)72)43-39-60(40-44-62(42-38-59)50-58(73)74)48-56(70)64(46-54(68)52-66)36-34-32-30-28-26-24-22-20-18-16-14-12-10-8-6-4-2;/h53-54,65-68H,3-52H2,1-2H3,(H,71,72)(H,73,74);/q;+2/p-2. The van der Waals surface area contributed by atoms with Gasteiger partial charge in [-0.25, -0.2) is 0 Å². The van der Waals surface area contributed by atoms with Crippen molar-refractivity contribution in [2.75, 3.05) is 118 Å². The number of hydrogen-bond acceptors (Lipinski definition) is 14. The predicted molar refractivity (Wildman–Crippen MR) is 294 cm³/mol. The van der Waals surface area contributed by atoms with Gasteiger partial charge in [-0.3, -0.25) is 29.2 Å². The SMILES string of the molecule is CCCCCCCCCCCCCCCCCCN(CC(O)CO)C(=O)CN1CCN(CC(=O)[O-])CCN(CC(=O)N(CCCCCCCCCCCCCCCCCC)CC(O)CO)CCN(CC(=O)[O-])CC1.[Mn+2]. The fourth-order valence-corrected chi connectivity index (χ4v) is 10.1. The van der Waals surface area contributed by atoms with Crippen molar-refractivity contribution in [3.8, 4) is 0 Å². The maximum absolute atomic E-state index is 13.9. The second-order valence-corrected chi connectivity index (χ2v) is 21.8. The molecule has 0 aromatic heterocycles. The molecule has 0 aromatic rings. The van der Waals surface area contributed by atoms with Crippen LogP contribution in [-0.4, -0.2) is 204 Å². The van der Waals surface area contributed by atoms with E-state index in [4.69, 9.17) is 0 Å². The summed E-state index contributed by atoms with van der Waals surface area (Å²) in [5, 5.41) is 64.1. The molecular formula is C58H112MnN6O10. The molecule has 1 heterocycles. The third-order valence-electron chi connectivity index (χ3n) is 14.9. The monoisotopic (exact) mass is 1110 g/mol. The largest absolute Gasteiger partial charge is 2.00 e. The molecule has 0 aromatic carbocycles. The second kappa shape index (κ2) is 51.5. The number of carbonyl (C=O) groups excluding carboxylic acids is 4. The Kier molecular flexibility index (Phi) is 50.2. The number of aliphatic carboxylic acids is 2. The van der Waals surface area contributed by atoms with E-state index in [0.717, 1.165) is 51.4 Å². The van der Waals surface area contributed by atoms with Gasteiger partial charge in [-0.05, 0) is 12.8 Å². The zero-order chi connectivity index (χ0) is 54.3. The first-order chi connectivity index (χ1) is 35.9. The summed E-state index contributed by atoms with van der Waals surface area (Å²) in [6.45, 7) is 5.79. The number of unbranched alkanes of at least 4 members (excludes halogenated alkanes) is 30. The quantitative estimate of drug-likeness (QED) is 0.0432. The summed E-state index contributed by atoms with van der Waals surface area (Å²) in [5.74, 6) is -2.98. The van der Waals surface area contributed by atoms with Crippen molar-refractivity contribution < 1.29 is 66.9 Å². The molecule has 1 radical (unpaired) electrons. The fraction of sp³-hybridized carbons (Fsp3) is 0.931. The van der Waals surface area contributed by atoms with Crippen LogP contribution in [-0.2, 0) is 36.2 Å². The molecule has 1 saturated heterocycles. The van der Waals surface area contributed by atoms with Gasteiger partial charge in [-0.1, -0.05) is 206 Å². The minimum atomic E-state index is -1.26. The van der Waals surface area contributed by atoms with E-state index in [2.05, 4.69) is 13.8 Å². The Balaban J connectivity index is 0.0000548. The van der Waals surface area contributed by atoms with Gasteiger partial charge in [0.15, 0.2) is 0 Å². The topological polar surface area (TPSA) is 215 Å². The Morgan fingerprint density at radius 3 is 0.773 bits per heavy atom. The van der Waals surface area contributed by atoms with Gasteiger partial charge in [0.25, 0.3) is 0 Å². The molecule has 1 aliphatic heterocycles. The summed E-state index contributed by atoms with van der Waals surface area (Å²) in [7, 11) is 0. The summed E-state index contributed by atoms with van der Waals surface area (Å²) in [6.07, 6.45) is 37.3. The smallest absolute Gasteiger partial charge is 0.549 e. The Labute approximate surface area is 467 Å². The zero-order valence-corrected chi connectivity index (χ0v) is 49.0. The van der Waals surface area contributed by atoms with Gasteiger partial charge in [0.2, 0.25) is 11.8 Å². The van der Waals surface area contributed by atoms with Gasteiger partial charge in [0, 0.05) is 91.6 Å². The first-order valence-corrected chi connectivity index (χ1v) is 30.3. The van der Waals surface area contributed by atoms with E-state index in [1.54, 1.807) is 19.6 Å². The van der Waals surface area contributed by atoms with Gasteiger partial charge in [0.1, 0.15) is 0 Å². The molecule has 0 spiro atoms. The van der Waals surface area contributed by atoms with Gasteiger partial charge < -0.3 is 50.0 Å². The van der Waals surface area contributed by atoms with Crippen LogP contribution in [0.1, 0.15) is 219 Å². The van der Waals surface area contributed by atoms with Crippen molar-refractivity contribution in [2.45, 2.75) is 232 Å². The molecule has 1 aliphatic rings. The van der Waals surface area contributed by atoms with E-state index in [9.17, 15) is 49.8 Å². The molecule has 1 rings (SSSR count). The minimum absolute atomic E-state index is 0. The van der Waals surface area contributed by atoms with E-state index < -0.39 is 37.4 Å². The van der Waals surface area contributed by atoms with Crippen LogP contribution in [0.15, 0.2) is 0 Å². The van der Waals surface area contributed by atoms with E-state index in [1.165, 1.54) is 154 Å². The molecule has 1 fully saturated rings. The summed E-state index contributed by atoms with van der Waals surface area (Å²) < 4.78 is 0. The van der Waals surface area contributed by atoms with Crippen LogP contribution in [0.3, 0.4) is 0 Å². The number of carboxylic acid groups (broad SMARTS) is 2. The maximum Gasteiger partial charge on any atom is 2.00 e. The molecule has 441 valence electrons. The number of nitrogens with zero attached hydrogens (tertiary/aromatic N) is 6. The number of rotatable bonds is 48. The summed E-state index contributed by atoms with van der Waals surface area (Å²) in [4.78, 5) is 62.2. The Hall–Kier alpha value is -1.92. The Bertz CT molecular complexity index is 1250. The number of aliphatic hydroxyl groups excluding tert-OH is 4. The molecule has 0 aliphatic carbocycles. The van der Waals surface area contributed by atoms with Crippen LogP contribution in [0.5, 0.6) is 0 Å². The van der Waals surface area contributed by atoms with Crippen LogP contribution in [0.25, 0.3) is 0 Å². The number of aliphatic hydroxyl groups is 4. The Morgan fingerprint density at radius 2 is 0.573 bits per heavy atom. The summed E-state index contributed by atoms with van der Waals surface area (Å²) in [5.41, 5.74) is 0. The zero-order valence-electron chi connectivity index (χ0n) is 47.8. The number of carbonyl (C=O) groups is 4. The first kappa shape index (κ1) is 73.1. The molecule has 2 unspecified atom stereocenters. The van der Waals surface area contributed by atoms with E-state index in [1.807, 2.05) is 9.80 Å². The van der Waals surface area contributed by atoms with Crippen molar-refractivity contribution in [1.82, 2.24) is 29.4 Å².